The lowest BCUT2D eigenvalue weighted by atomic mass is 9.82. The normalized spacial score (nSPS) is 14.6. The number of nitriles is 1. The fraction of sp³-hybridized carbons (Fsp3) is 0.250. The number of oxazole rings is 2. The number of halogens is 2. The molecule has 4 aromatic carbocycles. The van der Waals surface area contributed by atoms with Crippen LogP contribution in [0.5, 0.6) is 5.75 Å². The van der Waals surface area contributed by atoms with Gasteiger partial charge in [0.05, 0.1) is 12.2 Å². The second-order valence-electron chi connectivity index (χ2n) is 12.2. The van der Waals surface area contributed by atoms with Crippen molar-refractivity contribution >= 4 is 22.2 Å². The molecule has 1 N–H and O–H groups in total. The number of aliphatic hydroxyl groups excluding tert-OH is 1. The van der Waals surface area contributed by atoms with E-state index >= 15 is 0 Å². The Kier molecular flexibility index (Phi) is 7.31. The van der Waals surface area contributed by atoms with Crippen LogP contribution in [0.3, 0.4) is 0 Å². The van der Waals surface area contributed by atoms with E-state index in [1.54, 1.807) is 6.07 Å². The molecule has 0 radical (unpaired) electrons. The van der Waals surface area contributed by atoms with Gasteiger partial charge in [-0.3, -0.25) is 4.90 Å². The molecule has 7 rings (SSSR count). The molecule has 0 saturated carbocycles. The molecule has 1 aliphatic rings. The van der Waals surface area contributed by atoms with E-state index in [1.807, 2.05) is 62.4 Å². The summed E-state index contributed by atoms with van der Waals surface area (Å²) in [5.74, 6) is 0.798. The van der Waals surface area contributed by atoms with Crippen LogP contribution in [0.4, 0.5) is 8.78 Å². The van der Waals surface area contributed by atoms with Crippen molar-refractivity contribution in [2.45, 2.75) is 33.9 Å². The molecule has 0 bridgehead atoms. The van der Waals surface area contributed by atoms with E-state index in [0.29, 0.717) is 46.1 Å². The fourth-order valence-electron chi connectivity index (χ4n) is 6.40. The minimum atomic E-state index is -2.93. The standard InChI is InChI=1S/C36H30F2N4O4/c1-20-25(6-4-8-27(20)33-40-29-11-10-24(44-35(37)38)14-31(29)45-33)26-7-5-9-28(21(26)2)34-41-30-13-22(12-23(15-39)32(30)46-34)16-42-17-36(3,18-42)19-43/h4-14,35,43H,16-19H2,1-3H3. The van der Waals surface area contributed by atoms with E-state index < -0.39 is 6.61 Å². The molecule has 10 heteroatoms. The maximum absolute atomic E-state index is 12.7. The first-order chi connectivity index (χ1) is 22.1. The zero-order valence-electron chi connectivity index (χ0n) is 25.5. The van der Waals surface area contributed by atoms with Crippen molar-refractivity contribution in [2.75, 3.05) is 19.7 Å². The van der Waals surface area contributed by atoms with Crippen molar-refractivity contribution in [1.29, 1.82) is 5.26 Å². The predicted octanol–water partition coefficient (Wildman–Crippen LogP) is 7.87. The maximum Gasteiger partial charge on any atom is 0.387 e. The van der Waals surface area contributed by atoms with Gasteiger partial charge in [-0.2, -0.15) is 14.0 Å². The molecular formula is C36H30F2N4O4. The van der Waals surface area contributed by atoms with Crippen LogP contribution in [0.15, 0.2) is 75.6 Å². The third-order valence-electron chi connectivity index (χ3n) is 8.67. The van der Waals surface area contributed by atoms with Crippen LogP contribution in [-0.2, 0) is 6.54 Å². The lowest BCUT2D eigenvalue weighted by Crippen LogP contribution is -2.55. The highest BCUT2D eigenvalue weighted by Crippen LogP contribution is 2.39. The number of benzene rings is 4. The molecular weight excluding hydrogens is 590 g/mol. The Bertz CT molecular complexity index is 2160. The van der Waals surface area contributed by atoms with Crippen molar-refractivity contribution in [3.8, 4) is 45.9 Å². The summed E-state index contributed by atoms with van der Waals surface area (Å²) < 4.78 is 42.1. The lowest BCUT2D eigenvalue weighted by molar-refractivity contribution is -0.0497. The Morgan fingerprint density at radius 1 is 0.913 bits per heavy atom. The van der Waals surface area contributed by atoms with E-state index in [4.69, 9.17) is 13.8 Å². The first kappa shape index (κ1) is 29.6. The van der Waals surface area contributed by atoms with E-state index in [9.17, 15) is 19.1 Å². The predicted molar refractivity (Wildman–Crippen MR) is 169 cm³/mol. The average molecular weight is 621 g/mol. The third kappa shape index (κ3) is 5.27. The van der Waals surface area contributed by atoms with Crippen LogP contribution in [0.25, 0.3) is 56.2 Å². The van der Waals surface area contributed by atoms with Crippen molar-refractivity contribution in [2.24, 2.45) is 5.41 Å². The highest BCUT2D eigenvalue weighted by molar-refractivity contribution is 5.86. The minimum Gasteiger partial charge on any atom is -0.436 e. The van der Waals surface area contributed by atoms with Crippen molar-refractivity contribution in [3.63, 3.8) is 0 Å². The fourth-order valence-corrected chi connectivity index (χ4v) is 6.40. The van der Waals surface area contributed by atoms with Crippen LogP contribution >= 0.6 is 0 Å². The minimum absolute atomic E-state index is 0.00200. The molecule has 8 nitrogen and oxygen atoms in total. The molecule has 0 unspecified atom stereocenters. The molecule has 1 saturated heterocycles. The summed E-state index contributed by atoms with van der Waals surface area (Å²) in [6.45, 7) is 5.53. The van der Waals surface area contributed by atoms with Crippen LogP contribution in [0.2, 0.25) is 0 Å². The number of likely N-dealkylation sites (tertiary alicyclic amines) is 1. The number of aliphatic hydroxyl groups is 1. The van der Waals surface area contributed by atoms with E-state index in [2.05, 4.69) is 27.6 Å². The van der Waals surface area contributed by atoms with E-state index in [-0.39, 0.29) is 17.8 Å². The van der Waals surface area contributed by atoms with Crippen LogP contribution < -0.4 is 4.74 Å². The largest absolute Gasteiger partial charge is 0.436 e. The topological polar surface area (TPSA) is 109 Å². The van der Waals surface area contributed by atoms with Gasteiger partial charge in [-0.15, -0.1) is 0 Å². The number of rotatable bonds is 8. The quantitative estimate of drug-likeness (QED) is 0.183. The summed E-state index contributed by atoms with van der Waals surface area (Å²) >= 11 is 0. The van der Waals surface area contributed by atoms with Gasteiger partial charge in [0.1, 0.15) is 22.9 Å². The lowest BCUT2D eigenvalue weighted by Gasteiger charge is -2.47. The highest BCUT2D eigenvalue weighted by Gasteiger charge is 2.37. The van der Waals surface area contributed by atoms with Gasteiger partial charge in [-0.05, 0) is 78.1 Å². The summed E-state index contributed by atoms with van der Waals surface area (Å²) in [5.41, 5.74) is 8.65. The monoisotopic (exact) mass is 620 g/mol. The zero-order valence-corrected chi connectivity index (χ0v) is 25.5. The number of fused-ring (bicyclic) bond motifs is 2. The second kappa shape index (κ2) is 11.4. The number of hydrogen-bond donors (Lipinski definition) is 1. The van der Waals surface area contributed by atoms with Gasteiger partial charge in [0.25, 0.3) is 0 Å². The van der Waals surface area contributed by atoms with Crippen LogP contribution in [0.1, 0.15) is 29.2 Å². The summed E-state index contributed by atoms with van der Waals surface area (Å²) in [6, 6.07) is 22.3. The zero-order chi connectivity index (χ0) is 32.2. The summed E-state index contributed by atoms with van der Waals surface area (Å²) in [4.78, 5) is 11.7. The molecule has 3 heterocycles. The number of ether oxygens (including phenoxy) is 1. The molecule has 46 heavy (non-hydrogen) atoms. The van der Waals surface area contributed by atoms with Crippen molar-refractivity contribution in [3.05, 3.63) is 89.0 Å². The Morgan fingerprint density at radius 2 is 1.54 bits per heavy atom. The van der Waals surface area contributed by atoms with Gasteiger partial charge in [-0.25, -0.2) is 9.97 Å². The van der Waals surface area contributed by atoms with E-state index in [0.717, 1.165) is 52.0 Å². The van der Waals surface area contributed by atoms with Gasteiger partial charge < -0.3 is 18.7 Å². The first-order valence-corrected chi connectivity index (χ1v) is 14.9. The first-order valence-electron chi connectivity index (χ1n) is 14.9. The molecule has 1 fully saturated rings. The molecule has 0 atom stereocenters. The maximum atomic E-state index is 12.7. The van der Waals surface area contributed by atoms with Crippen LogP contribution in [-0.4, -0.2) is 46.3 Å². The van der Waals surface area contributed by atoms with Gasteiger partial charge in [0.2, 0.25) is 11.8 Å². The molecule has 232 valence electrons. The number of alkyl halides is 2. The SMILES string of the molecule is Cc1c(-c2nc3ccc(OC(F)F)cc3o2)cccc1-c1cccc(-c2nc3cc(CN4CC(C)(CO)C4)cc(C#N)c3o2)c1C. The van der Waals surface area contributed by atoms with Gasteiger partial charge in [0.15, 0.2) is 11.2 Å². The van der Waals surface area contributed by atoms with Crippen LogP contribution in [0, 0.1) is 30.6 Å². The third-order valence-corrected chi connectivity index (χ3v) is 8.67. The van der Waals surface area contributed by atoms with Crippen molar-refractivity contribution in [1.82, 2.24) is 14.9 Å². The van der Waals surface area contributed by atoms with Gasteiger partial charge >= 0.3 is 6.61 Å². The molecule has 2 aromatic heterocycles. The molecule has 0 amide bonds. The Balaban J connectivity index is 1.22. The summed E-state index contributed by atoms with van der Waals surface area (Å²) in [7, 11) is 0. The molecule has 6 aromatic rings. The Labute approximate surface area is 263 Å². The second-order valence-corrected chi connectivity index (χ2v) is 12.2. The molecule has 0 aliphatic carbocycles. The smallest absolute Gasteiger partial charge is 0.387 e. The van der Waals surface area contributed by atoms with Gasteiger partial charge in [0, 0.05) is 42.2 Å². The number of nitrogens with zero attached hydrogens (tertiary/aromatic N) is 4. The van der Waals surface area contributed by atoms with Gasteiger partial charge in [-0.1, -0.05) is 31.2 Å². The van der Waals surface area contributed by atoms with Crippen molar-refractivity contribution < 1.29 is 27.5 Å². The Hall–Kier alpha value is -5.11. The number of hydrogen-bond acceptors (Lipinski definition) is 8. The number of aromatic nitrogens is 2. The Morgan fingerprint density at radius 3 is 2.17 bits per heavy atom. The average Bonchev–Trinajstić information content (AvgIpc) is 3.64. The molecule has 1 aliphatic heterocycles. The summed E-state index contributed by atoms with van der Waals surface area (Å²) in [6.07, 6.45) is 0. The summed E-state index contributed by atoms with van der Waals surface area (Å²) in [5, 5.41) is 19.5. The molecule has 0 spiro atoms. The van der Waals surface area contributed by atoms with E-state index in [1.165, 1.54) is 12.1 Å². The highest BCUT2D eigenvalue weighted by atomic mass is 19.3.